The second-order valence-corrected chi connectivity index (χ2v) is 6.61. The molecular formula is C16H15NO5. The number of nitrogens with zero attached hydrogens (tertiary/aromatic N) is 1. The molecule has 3 N–H and O–H groups in total. The first-order valence-corrected chi connectivity index (χ1v) is 7.42. The van der Waals surface area contributed by atoms with Gasteiger partial charge in [0.1, 0.15) is 5.60 Å². The summed E-state index contributed by atoms with van der Waals surface area (Å²) < 4.78 is 5.81. The van der Waals surface area contributed by atoms with Gasteiger partial charge in [0.25, 0.3) is 0 Å². The lowest BCUT2D eigenvalue weighted by Crippen LogP contribution is -2.74. The van der Waals surface area contributed by atoms with Gasteiger partial charge in [-0.15, -0.1) is 0 Å². The van der Waals surface area contributed by atoms with E-state index in [1.54, 1.807) is 12.1 Å². The van der Waals surface area contributed by atoms with E-state index in [4.69, 9.17) is 4.74 Å². The minimum Gasteiger partial charge on any atom is -0.504 e. The quantitative estimate of drug-likeness (QED) is 0.638. The first kappa shape index (κ1) is 12.6. The van der Waals surface area contributed by atoms with Crippen molar-refractivity contribution in [3.8, 4) is 11.5 Å². The fourth-order valence-electron chi connectivity index (χ4n) is 4.90. The fourth-order valence-corrected chi connectivity index (χ4v) is 4.90. The third-order valence-electron chi connectivity index (χ3n) is 5.84. The summed E-state index contributed by atoms with van der Waals surface area (Å²) in [7, 11) is 0. The van der Waals surface area contributed by atoms with Gasteiger partial charge in [-0.2, -0.15) is 5.06 Å². The van der Waals surface area contributed by atoms with E-state index in [9.17, 15) is 20.2 Å². The molecule has 114 valence electrons. The number of ether oxygens (including phenoxy) is 1. The van der Waals surface area contributed by atoms with Crippen molar-refractivity contribution in [2.24, 2.45) is 0 Å². The SMILES string of the molecule is O=C1C=CC2(O)[C@H]3Cc4ccc(O)c5c4[C@@]2(CCN3O)[C@H]1O5. The van der Waals surface area contributed by atoms with Gasteiger partial charge in [0, 0.05) is 12.1 Å². The molecule has 2 aliphatic carbocycles. The van der Waals surface area contributed by atoms with E-state index in [1.165, 1.54) is 12.2 Å². The zero-order valence-corrected chi connectivity index (χ0v) is 11.7. The number of phenols is 1. The van der Waals surface area contributed by atoms with Gasteiger partial charge in [-0.3, -0.25) is 4.79 Å². The molecule has 1 aromatic carbocycles. The van der Waals surface area contributed by atoms with Gasteiger partial charge in [-0.05, 0) is 36.6 Å². The number of rotatable bonds is 0. The Kier molecular flexibility index (Phi) is 2.03. The second-order valence-electron chi connectivity index (χ2n) is 6.61. The van der Waals surface area contributed by atoms with Gasteiger partial charge >= 0.3 is 0 Å². The van der Waals surface area contributed by atoms with Crippen LogP contribution < -0.4 is 4.74 Å². The number of phenolic OH excluding ortho intramolecular Hbond substituents is 1. The normalized spacial score (nSPS) is 41.3. The number of ketones is 1. The van der Waals surface area contributed by atoms with E-state index >= 15 is 0 Å². The van der Waals surface area contributed by atoms with Crippen molar-refractivity contribution < 1.29 is 25.0 Å². The summed E-state index contributed by atoms with van der Waals surface area (Å²) in [6.45, 7) is 0.350. The molecule has 1 spiro atoms. The van der Waals surface area contributed by atoms with Crippen LogP contribution in [0.25, 0.3) is 0 Å². The lowest BCUT2D eigenvalue weighted by Gasteiger charge is -2.59. The summed E-state index contributed by atoms with van der Waals surface area (Å²) in [6, 6.07) is 2.80. The largest absolute Gasteiger partial charge is 0.504 e. The molecule has 0 amide bonds. The van der Waals surface area contributed by atoms with E-state index < -0.39 is 23.2 Å². The number of aliphatic hydroxyl groups is 1. The van der Waals surface area contributed by atoms with Crippen molar-refractivity contribution in [1.29, 1.82) is 0 Å². The number of benzene rings is 1. The van der Waals surface area contributed by atoms with Gasteiger partial charge in [-0.25, -0.2) is 0 Å². The van der Waals surface area contributed by atoms with E-state index in [1.807, 2.05) is 0 Å². The first-order valence-electron chi connectivity index (χ1n) is 7.42. The maximum Gasteiger partial charge on any atom is 0.196 e. The predicted octanol–water partition coefficient (Wildman–Crippen LogP) is 0.281. The lowest BCUT2D eigenvalue weighted by atomic mass is 9.51. The molecule has 5 rings (SSSR count). The molecule has 1 saturated heterocycles. The Morgan fingerprint density at radius 1 is 1.36 bits per heavy atom. The van der Waals surface area contributed by atoms with Gasteiger partial charge in [-0.1, -0.05) is 6.07 Å². The number of carbonyl (C=O) groups excluding carboxylic acids is 1. The Hall–Kier alpha value is -1.89. The molecule has 1 fully saturated rings. The summed E-state index contributed by atoms with van der Waals surface area (Å²) in [5, 5.41) is 32.9. The van der Waals surface area contributed by atoms with Gasteiger partial charge in [0.05, 0.1) is 11.5 Å². The van der Waals surface area contributed by atoms with Crippen LogP contribution in [0.4, 0.5) is 0 Å². The lowest BCUT2D eigenvalue weighted by molar-refractivity contribution is -0.234. The van der Waals surface area contributed by atoms with E-state index in [0.717, 1.165) is 16.2 Å². The highest BCUT2D eigenvalue weighted by Gasteiger charge is 2.72. The maximum absolute atomic E-state index is 12.4. The number of hydroxylamine groups is 2. The highest BCUT2D eigenvalue weighted by atomic mass is 16.5. The molecule has 6 nitrogen and oxygen atoms in total. The molecule has 1 aromatic rings. The molecule has 0 radical (unpaired) electrons. The number of carbonyl (C=O) groups is 1. The van der Waals surface area contributed by atoms with E-state index in [2.05, 4.69) is 0 Å². The average molecular weight is 301 g/mol. The molecule has 1 unspecified atom stereocenters. The van der Waals surface area contributed by atoms with Crippen molar-refractivity contribution in [3.05, 3.63) is 35.4 Å². The van der Waals surface area contributed by atoms with E-state index in [0.29, 0.717) is 25.1 Å². The van der Waals surface area contributed by atoms with Gasteiger partial charge in [0.15, 0.2) is 23.4 Å². The van der Waals surface area contributed by atoms with Crippen LogP contribution in [0, 0.1) is 0 Å². The first-order chi connectivity index (χ1) is 10.5. The average Bonchev–Trinajstić information content (AvgIpc) is 2.85. The van der Waals surface area contributed by atoms with Crippen LogP contribution in [0.1, 0.15) is 17.5 Å². The molecule has 22 heavy (non-hydrogen) atoms. The maximum atomic E-state index is 12.4. The van der Waals surface area contributed by atoms with Crippen LogP contribution in [0.3, 0.4) is 0 Å². The van der Waals surface area contributed by atoms with Crippen molar-refractivity contribution in [1.82, 2.24) is 5.06 Å². The topological polar surface area (TPSA) is 90.2 Å². The van der Waals surface area contributed by atoms with Crippen LogP contribution >= 0.6 is 0 Å². The number of hydrogen-bond acceptors (Lipinski definition) is 6. The minimum absolute atomic E-state index is 0.0115. The number of piperidine rings is 1. The summed E-state index contributed by atoms with van der Waals surface area (Å²) in [6.07, 6.45) is 2.82. The molecule has 2 bridgehead atoms. The summed E-state index contributed by atoms with van der Waals surface area (Å²) in [4.78, 5) is 12.4. The monoisotopic (exact) mass is 301 g/mol. The summed E-state index contributed by atoms with van der Waals surface area (Å²) in [5.41, 5.74) is -0.663. The van der Waals surface area contributed by atoms with Crippen LogP contribution in [0.5, 0.6) is 11.5 Å². The molecule has 2 heterocycles. The Morgan fingerprint density at radius 3 is 3.00 bits per heavy atom. The standard InChI is InChI=1S/C16H15NO5/c18-9-2-1-8-7-11-16(20)4-3-10(19)14-15(16,5-6-17(11)21)12(8)13(9)22-14/h1-4,11,14,18,20-21H,5-7H2/t11-,14+,15+,16?/m1/s1. The molecular weight excluding hydrogens is 286 g/mol. The number of aromatic hydroxyl groups is 1. The fraction of sp³-hybridized carbons (Fsp3) is 0.438. The Bertz CT molecular complexity index is 759. The summed E-state index contributed by atoms with van der Waals surface area (Å²) in [5.74, 6) is 0.0867. The molecule has 2 aliphatic heterocycles. The summed E-state index contributed by atoms with van der Waals surface area (Å²) >= 11 is 0. The van der Waals surface area contributed by atoms with Crippen LogP contribution in [0.15, 0.2) is 24.3 Å². The molecule has 0 aromatic heterocycles. The smallest absolute Gasteiger partial charge is 0.196 e. The van der Waals surface area contributed by atoms with Gasteiger partial charge < -0.3 is 20.2 Å². The Labute approximate surface area is 126 Å². The van der Waals surface area contributed by atoms with Crippen molar-refractivity contribution in [3.63, 3.8) is 0 Å². The Balaban J connectivity index is 1.91. The van der Waals surface area contributed by atoms with Gasteiger partial charge in [0.2, 0.25) is 0 Å². The molecule has 0 saturated carbocycles. The zero-order valence-electron chi connectivity index (χ0n) is 11.7. The second kappa shape index (κ2) is 3.53. The van der Waals surface area contributed by atoms with Crippen LogP contribution in [-0.4, -0.2) is 50.6 Å². The van der Waals surface area contributed by atoms with Crippen LogP contribution in [-0.2, 0) is 16.6 Å². The predicted molar refractivity (Wildman–Crippen MR) is 73.9 cm³/mol. The number of hydrogen-bond donors (Lipinski definition) is 3. The third-order valence-corrected chi connectivity index (χ3v) is 5.84. The minimum atomic E-state index is -1.38. The highest BCUT2D eigenvalue weighted by Crippen LogP contribution is 2.63. The van der Waals surface area contributed by atoms with Crippen molar-refractivity contribution in [2.45, 2.75) is 36.0 Å². The zero-order chi connectivity index (χ0) is 15.3. The third kappa shape index (κ3) is 1.08. The molecule has 6 heteroatoms. The van der Waals surface area contributed by atoms with Crippen molar-refractivity contribution >= 4 is 5.78 Å². The molecule has 4 aliphatic rings. The Morgan fingerprint density at radius 2 is 2.18 bits per heavy atom. The highest BCUT2D eigenvalue weighted by molar-refractivity contribution is 5.99. The molecule has 4 atom stereocenters. The van der Waals surface area contributed by atoms with Crippen molar-refractivity contribution in [2.75, 3.05) is 6.54 Å². The van der Waals surface area contributed by atoms with E-state index in [-0.39, 0.29) is 11.5 Å². The van der Waals surface area contributed by atoms with Crippen LogP contribution in [0.2, 0.25) is 0 Å².